The van der Waals surface area contributed by atoms with Crippen molar-refractivity contribution in [2.45, 2.75) is 6.54 Å². The molecule has 0 radical (unpaired) electrons. The van der Waals surface area contributed by atoms with Crippen LogP contribution in [-0.4, -0.2) is 23.2 Å². The molecule has 0 saturated carbocycles. The highest BCUT2D eigenvalue weighted by molar-refractivity contribution is 7.15. The van der Waals surface area contributed by atoms with E-state index in [0.717, 1.165) is 5.01 Å². The highest BCUT2D eigenvalue weighted by Gasteiger charge is 2.09. The van der Waals surface area contributed by atoms with E-state index in [1.165, 1.54) is 30.6 Å². The molecule has 1 heterocycles. The van der Waals surface area contributed by atoms with Crippen LogP contribution in [0, 0.1) is 0 Å². The van der Waals surface area contributed by atoms with Crippen LogP contribution in [0.15, 0.2) is 24.4 Å². The Kier molecular flexibility index (Phi) is 4.24. The second-order valence-corrected chi connectivity index (χ2v) is 5.38. The minimum absolute atomic E-state index is 0.195. The van der Waals surface area contributed by atoms with Gasteiger partial charge in [0.1, 0.15) is 15.1 Å². The average Bonchev–Trinajstić information content (AvgIpc) is 2.81. The van der Waals surface area contributed by atoms with Gasteiger partial charge in [0.2, 0.25) is 0 Å². The van der Waals surface area contributed by atoms with Crippen molar-refractivity contribution in [2.24, 2.45) is 0 Å². The number of carbonyl (C=O) groups is 1. The van der Waals surface area contributed by atoms with Gasteiger partial charge in [0, 0.05) is 0 Å². The zero-order valence-electron chi connectivity index (χ0n) is 10.0. The van der Waals surface area contributed by atoms with Gasteiger partial charge in [0.25, 0.3) is 0 Å². The van der Waals surface area contributed by atoms with Crippen LogP contribution >= 0.6 is 22.9 Å². The van der Waals surface area contributed by atoms with E-state index in [1.54, 1.807) is 12.3 Å². The summed E-state index contributed by atoms with van der Waals surface area (Å²) in [6.07, 6.45) is 1.58. The van der Waals surface area contributed by atoms with Crippen LogP contribution in [0.25, 0.3) is 0 Å². The molecule has 0 amide bonds. The number of ether oxygens (including phenoxy) is 1. The Morgan fingerprint density at radius 2 is 2.37 bits per heavy atom. The number of nitrogens with zero attached hydrogens (tertiary/aromatic N) is 1. The van der Waals surface area contributed by atoms with Crippen LogP contribution in [0.3, 0.4) is 0 Å². The van der Waals surface area contributed by atoms with Gasteiger partial charge < -0.3 is 15.2 Å². The number of benzene rings is 1. The molecule has 19 heavy (non-hydrogen) atoms. The number of carboxylic acids is 1. The van der Waals surface area contributed by atoms with E-state index in [-0.39, 0.29) is 5.56 Å². The average molecular weight is 299 g/mol. The summed E-state index contributed by atoms with van der Waals surface area (Å²) in [6.45, 7) is 0.455. The molecule has 0 aliphatic carbocycles. The molecular weight excluding hydrogens is 288 g/mol. The van der Waals surface area contributed by atoms with Crippen LogP contribution in [0.1, 0.15) is 15.4 Å². The van der Waals surface area contributed by atoms with Crippen molar-refractivity contribution in [3.05, 3.63) is 39.3 Å². The van der Waals surface area contributed by atoms with E-state index in [9.17, 15) is 4.79 Å². The normalized spacial score (nSPS) is 10.2. The van der Waals surface area contributed by atoms with E-state index in [0.29, 0.717) is 22.3 Å². The lowest BCUT2D eigenvalue weighted by Gasteiger charge is -2.10. The van der Waals surface area contributed by atoms with Crippen molar-refractivity contribution in [2.75, 3.05) is 12.4 Å². The summed E-state index contributed by atoms with van der Waals surface area (Å²) in [5.41, 5.74) is 0.800. The summed E-state index contributed by atoms with van der Waals surface area (Å²) < 4.78 is 5.79. The van der Waals surface area contributed by atoms with E-state index < -0.39 is 5.97 Å². The number of rotatable bonds is 5. The summed E-state index contributed by atoms with van der Waals surface area (Å²) in [7, 11) is 1.53. The van der Waals surface area contributed by atoms with Crippen molar-refractivity contribution in [3.63, 3.8) is 0 Å². The number of hydrogen-bond acceptors (Lipinski definition) is 5. The molecule has 2 rings (SSSR count). The number of anilines is 1. The van der Waals surface area contributed by atoms with Crippen LogP contribution in [0.4, 0.5) is 5.69 Å². The Balaban J connectivity index is 2.17. The third kappa shape index (κ3) is 3.36. The minimum Gasteiger partial charge on any atom is -0.495 e. The molecule has 0 fully saturated rings. The maximum atomic E-state index is 10.9. The molecule has 0 aliphatic heterocycles. The van der Waals surface area contributed by atoms with Gasteiger partial charge in [-0.3, -0.25) is 0 Å². The first kappa shape index (κ1) is 13.6. The number of carboxylic acid groups (broad SMARTS) is 1. The summed E-state index contributed by atoms with van der Waals surface area (Å²) in [5, 5.41) is 12.9. The lowest BCUT2D eigenvalue weighted by Crippen LogP contribution is -2.03. The number of methoxy groups -OCH3 is 1. The predicted octanol–water partition coefficient (Wildman–Crippen LogP) is 3.12. The minimum atomic E-state index is -0.983. The fourth-order valence-corrected chi connectivity index (χ4v) is 2.42. The first-order valence-corrected chi connectivity index (χ1v) is 6.55. The van der Waals surface area contributed by atoms with Crippen molar-refractivity contribution in [1.29, 1.82) is 0 Å². The Bertz CT molecular complexity index is 600. The van der Waals surface area contributed by atoms with Gasteiger partial charge in [-0.05, 0) is 18.2 Å². The van der Waals surface area contributed by atoms with E-state index >= 15 is 0 Å². The Labute approximate surface area is 118 Å². The lowest BCUT2D eigenvalue weighted by atomic mass is 10.2. The molecule has 1 aromatic heterocycles. The van der Waals surface area contributed by atoms with Gasteiger partial charge in [0.05, 0.1) is 31.1 Å². The number of aromatic nitrogens is 1. The fraction of sp³-hybridized carbons (Fsp3) is 0.167. The maximum absolute atomic E-state index is 10.9. The Morgan fingerprint density at radius 3 is 2.95 bits per heavy atom. The van der Waals surface area contributed by atoms with E-state index in [2.05, 4.69) is 10.3 Å². The number of nitrogens with one attached hydrogen (secondary N) is 1. The molecule has 0 spiro atoms. The summed E-state index contributed by atoms with van der Waals surface area (Å²) in [6, 6.07) is 4.63. The van der Waals surface area contributed by atoms with Gasteiger partial charge in [0.15, 0.2) is 0 Å². The summed E-state index contributed by atoms with van der Waals surface area (Å²) >= 11 is 7.16. The van der Waals surface area contributed by atoms with Crippen LogP contribution < -0.4 is 10.1 Å². The molecule has 2 aromatic rings. The smallest absolute Gasteiger partial charge is 0.335 e. The molecule has 0 bridgehead atoms. The van der Waals surface area contributed by atoms with Crippen molar-refractivity contribution in [1.82, 2.24) is 4.98 Å². The second kappa shape index (κ2) is 5.90. The Morgan fingerprint density at radius 1 is 1.58 bits per heavy atom. The standard InChI is InChI=1S/C12H11ClN2O3S/c1-18-9-3-2-7(12(16)17)4-8(9)14-6-11-15-5-10(13)19-11/h2-5,14H,6H2,1H3,(H,16,17). The third-order valence-electron chi connectivity index (χ3n) is 2.40. The zero-order valence-corrected chi connectivity index (χ0v) is 11.6. The second-order valence-electron chi connectivity index (χ2n) is 3.63. The quantitative estimate of drug-likeness (QED) is 0.887. The van der Waals surface area contributed by atoms with Gasteiger partial charge in [-0.25, -0.2) is 9.78 Å². The number of thiazole rings is 1. The van der Waals surface area contributed by atoms with Gasteiger partial charge in [-0.15, -0.1) is 11.3 Å². The van der Waals surface area contributed by atoms with E-state index in [1.807, 2.05) is 0 Å². The largest absolute Gasteiger partial charge is 0.495 e. The lowest BCUT2D eigenvalue weighted by molar-refractivity contribution is 0.0697. The topological polar surface area (TPSA) is 71.5 Å². The first-order chi connectivity index (χ1) is 9.10. The predicted molar refractivity (Wildman–Crippen MR) is 74.4 cm³/mol. The molecule has 0 saturated heterocycles. The molecule has 5 nitrogen and oxygen atoms in total. The number of aromatic carboxylic acids is 1. The van der Waals surface area contributed by atoms with Crippen molar-refractivity contribution >= 4 is 34.6 Å². The van der Waals surface area contributed by atoms with Crippen molar-refractivity contribution in [3.8, 4) is 5.75 Å². The van der Waals surface area contributed by atoms with E-state index in [4.69, 9.17) is 21.4 Å². The zero-order chi connectivity index (χ0) is 13.8. The van der Waals surface area contributed by atoms with Gasteiger partial charge in [-0.2, -0.15) is 0 Å². The number of hydrogen-bond donors (Lipinski definition) is 2. The highest BCUT2D eigenvalue weighted by atomic mass is 35.5. The molecule has 0 atom stereocenters. The van der Waals surface area contributed by atoms with Crippen LogP contribution in [0.5, 0.6) is 5.75 Å². The number of halogens is 1. The molecular formula is C12H11ClN2O3S. The highest BCUT2D eigenvalue weighted by Crippen LogP contribution is 2.27. The summed E-state index contributed by atoms with van der Waals surface area (Å²) in [5.74, 6) is -0.407. The third-order valence-corrected chi connectivity index (χ3v) is 3.52. The van der Waals surface area contributed by atoms with Crippen LogP contribution in [0.2, 0.25) is 4.34 Å². The van der Waals surface area contributed by atoms with Gasteiger partial charge in [-0.1, -0.05) is 11.6 Å². The monoisotopic (exact) mass is 298 g/mol. The maximum Gasteiger partial charge on any atom is 0.335 e. The molecule has 1 aromatic carbocycles. The van der Waals surface area contributed by atoms with Crippen molar-refractivity contribution < 1.29 is 14.6 Å². The molecule has 100 valence electrons. The molecule has 0 unspecified atom stereocenters. The summed E-state index contributed by atoms with van der Waals surface area (Å²) in [4.78, 5) is 15.0. The molecule has 7 heteroatoms. The van der Waals surface area contributed by atoms with Crippen LogP contribution in [-0.2, 0) is 6.54 Å². The fourth-order valence-electron chi connectivity index (χ4n) is 1.52. The van der Waals surface area contributed by atoms with Gasteiger partial charge >= 0.3 is 5.97 Å². The Hall–Kier alpha value is -1.79. The SMILES string of the molecule is COc1ccc(C(=O)O)cc1NCc1ncc(Cl)s1. The molecule has 0 aliphatic rings. The first-order valence-electron chi connectivity index (χ1n) is 5.35. The molecule has 2 N–H and O–H groups in total.